The summed E-state index contributed by atoms with van der Waals surface area (Å²) in [6.07, 6.45) is 3.04. The molecule has 3 heteroatoms. The lowest BCUT2D eigenvalue weighted by Gasteiger charge is -2.14. The lowest BCUT2D eigenvalue weighted by atomic mass is 9.94. The Morgan fingerprint density at radius 3 is 2.65 bits per heavy atom. The third-order valence-electron chi connectivity index (χ3n) is 2.64. The number of ether oxygens (including phenoxy) is 1. The van der Waals surface area contributed by atoms with E-state index in [-0.39, 0.29) is 0 Å². The second-order valence-corrected chi connectivity index (χ2v) is 4.64. The zero-order valence-electron chi connectivity index (χ0n) is 10.7. The fourth-order valence-electron chi connectivity index (χ4n) is 1.75. The predicted molar refractivity (Wildman–Crippen MR) is 74.5 cm³/mol. The molecule has 2 nitrogen and oxygen atoms in total. The molecular formula is C14H20ClNO. The maximum Gasteiger partial charge on any atom is 0.120 e. The van der Waals surface area contributed by atoms with Crippen LogP contribution in [0.2, 0.25) is 5.02 Å². The minimum absolute atomic E-state index is 0.424. The number of nitrogens with two attached hydrogens (primary N) is 1. The molecule has 1 aromatic rings. The van der Waals surface area contributed by atoms with Gasteiger partial charge in [-0.05, 0) is 48.2 Å². The topological polar surface area (TPSA) is 35.2 Å². The Morgan fingerprint density at radius 1 is 1.47 bits per heavy atom. The van der Waals surface area contributed by atoms with E-state index in [9.17, 15) is 0 Å². The van der Waals surface area contributed by atoms with E-state index in [4.69, 9.17) is 22.1 Å². The first-order chi connectivity index (χ1) is 8.10. The van der Waals surface area contributed by atoms with E-state index in [0.29, 0.717) is 12.5 Å². The highest BCUT2D eigenvalue weighted by molar-refractivity contribution is 6.32. The molecule has 1 aromatic carbocycles. The van der Waals surface area contributed by atoms with Crippen molar-refractivity contribution in [3.05, 3.63) is 34.9 Å². The average Bonchev–Trinajstić information content (AvgIpc) is 2.30. The van der Waals surface area contributed by atoms with Crippen molar-refractivity contribution in [2.24, 2.45) is 11.7 Å². The molecule has 0 unspecified atom stereocenters. The standard InChI is InChI=1S/C14H20ClNO/c1-10(2)12(5-4-8-16)13-7-6-11(17-3)9-14(13)15/h5-7,9-10H,4,8,16H2,1-3H3/b12-5+. The van der Waals surface area contributed by atoms with Crippen LogP contribution in [0.25, 0.3) is 5.57 Å². The fraction of sp³-hybridized carbons (Fsp3) is 0.429. The van der Waals surface area contributed by atoms with Crippen LogP contribution in [0.3, 0.4) is 0 Å². The Kier molecular flexibility index (Phi) is 5.52. The summed E-state index contributed by atoms with van der Waals surface area (Å²) >= 11 is 6.27. The average molecular weight is 254 g/mol. The van der Waals surface area contributed by atoms with Gasteiger partial charge in [0.25, 0.3) is 0 Å². The zero-order chi connectivity index (χ0) is 12.8. The van der Waals surface area contributed by atoms with Gasteiger partial charge in [0, 0.05) is 0 Å². The fourth-order valence-corrected chi connectivity index (χ4v) is 2.03. The third-order valence-corrected chi connectivity index (χ3v) is 2.95. The van der Waals surface area contributed by atoms with Gasteiger partial charge in [0.15, 0.2) is 0 Å². The predicted octanol–water partition coefficient (Wildman–Crippen LogP) is 3.74. The minimum atomic E-state index is 0.424. The Morgan fingerprint density at radius 2 is 2.18 bits per heavy atom. The highest BCUT2D eigenvalue weighted by Gasteiger charge is 2.10. The van der Waals surface area contributed by atoms with Gasteiger partial charge in [0.1, 0.15) is 5.75 Å². The summed E-state index contributed by atoms with van der Waals surface area (Å²) in [4.78, 5) is 0. The summed E-state index contributed by atoms with van der Waals surface area (Å²) in [5.74, 6) is 1.20. The quantitative estimate of drug-likeness (QED) is 0.868. The molecule has 0 saturated heterocycles. The van der Waals surface area contributed by atoms with Gasteiger partial charge in [-0.1, -0.05) is 31.5 Å². The summed E-state index contributed by atoms with van der Waals surface area (Å²) in [7, 11) is 1.64. The van der Waals surface area contributed by atoms with Crippen LogP contribution in [0.1, 0.15) is 25.8 Å². The first-order valence-corrected chi connectivity index (χ1v) is 6.22. The number of halogens is 1. The van der Waals surface area contributed by atoms with Gasteiger partial charge in [-0.25, -0.2) is 0 Å². The summed E-state index contributed by atoms with van der Waals surface area (Å²) in [5.41, 5.74) is 7.85. The van der Waals surface area contributed by atoms with Crippen LogP contribution in [0.4, 0.5) is 0 Å². The summed E-state index contributed by atoms with van der Waals surface area (Å²) in [6, 6.07) is 5.78. The van der Waals surface area contributed by atoms with E-state index < -0.39 is 0 Å². The molecule has 17 heavy (non-hydrogen) atoms. The lowest BCUT2D eigenvalue weighted by molar-refractivity contribution is 0.415. The van der Waals surface area contributed by atoms with Crippen LogP contribution in [0.5, 0.6) is 5.75 Å². The van der Waals surface area contributed by atoms with E-state index in [1.165, 1.54) is 5.57 Å². The second kappa shape index (κ2) is 6.67. The summed E-state index contributed by atoms with van der Waals surface area (Å²) in [6.45, 7) is 4.97. The molecule has 0 radical (unpaired) electrons. The lowest BCUT2D eigenvalue weighted by Crippen LogP contribution is -2.00. The molecule has 0 aromatic heterocycles. The molecule has 94 valence electrons. The highest BCUT2D eigenvalue weighted by atomic mass is 35.5. The van der Waals surface area contributed by atoms with Crippen LogP contribution < -0.4 is 10.5 Å². The Hall–Kier alpha value is -0.990. The van der Waals surface area contributed by atoms with Crippen LogP contribution >= 0.6 is 11.6 Å². The summed E-state index contributed by atoms with van der Waals surface area (Å²) < 4.78 is 5.15. The third kappa shape index (κ3) is 3.76. The van der Waals surface area contributed by atoms with Gasteiger partial charge in [0.05, 0.1) is 12.1 Å². The zero-order valence-corrected chi connectivity index (χ0v) is 11.4. The van der Waals surface area contributed by atoms with Gasteiger partial charge in [-0.3, -0.25) is 0 Å². The maximum atomic E-state index is 6.27. The van der Waals surface area contributed by atoms with Gasteiger partial charge >= 0.3 is 0 Å². The van der Waals surface area contributed by atoms with Crippen molar-refractivity contribution in [2.45, 2.75) is 20.3 Å². The molecule has 0 spiro atoms. The van der Waals surface area contributed by atoms with Crippen LogP contribution in [-0.4, -0.2) is 13.7 Å². The van der Waals surface area contributed by atoms with Crippen LogP contribution in [0, 0.1) is 5.92 Å². The van der Waals surface area contributed by atoms with Gasteiger partial charge < -0.3 is 10.5 Å². The van der Waals surface area contributed by atoms with Crippen molar-refractivity contribution in [3.63, 3.8) is 0 Å². The molecule has 1 rings (SSSR count). The molecule has 0 amide bonds. The molecule has 0 aliphatic rings. The highest BCUT2D eigenvalue weighted by Crippen LogP contribution is 2.32. The SMILES string of the molecule is COc1ccc(/C(=C/CCN)C(C)C)c(Cl)c1. The molecule has 0 aliphatic carbocycles. The largest absolute Gasteiger partial charge is 0.497 e. The first kappa shape index (κ1) is 14.1. The number of allylic oxidation sites excluding steroid dienone is 1. The number of benzene rings is 1. The number of methoxy groups -OCH3 is 1. The van der Waals surface area contributed by atoms with Crippen LogP contribution in [0.15, 0.2) is 24.3 Å². The molecule has 0 heterocycles. The number of hydrogen-bond donors (Lipinski definition) is 1. The van der Waals surface area contributed by atoms with E-state index in [2.05, 4.69) is 19.9 Å². The molecule has 2 N–H and O–H groups in total. The minimum Gasteiger partial charge on any atom is -0.497 e. The smallest absolute Gasteiger partial charge is 0.120 e. The molecule has 0 atom stereocenters. The normalized spacial score (nSPS) is 12.0. The maximum absolute atomic E-state index is 6.27. The monoisotopic (exact) mass is 253 g/mol. The van der Waals surface area contributed by atoms with Crippen molar-refractivity contribution in [1.29, 1.82) is 0 Å². The number of rotatable bonds is 5. The van der Waals surface area contributed by atoms with Crippen LogP contribution in [-0.2, 0) is 0 Å². The van der Waals surface area contributed by atoms with Crippen molar-refractivity contribution < 1.29 is 4.74 Å². The Balaban J connectivity index is 3.11. The molecule has 0 fully saturated rings. The van der Waals surface area contributed by atoms with Gasteiger partial charge in [-0.2, -0.15) is 0 Å². The second-order valence-electron chi connectivity index (χ2n) is 4.24. The van der Waals surface area contributed by atoms with E-state index in [1.807, 2.05) is 18.2 Å². The van der Waals surface area contributed by atoms with Gasteiger partial charge in [-0.15, -0.1) is 0 Å². The van der Waals surface area contributed by atoms with Crippen molar-refractivity contribution >= 4 is 17.2 Å². The Labute approximate surface area is 108 Å². The van der Waals surface area contributed by atoms with Gasteiger partial charge in [0.2, 0.25) is 0 Å². The summed E-state index contributed by atoms with van der Waals surface area (Å²) in [5, 5.41) is 0.723. The van der Waals surface area contributed by atoms with Crippen molar-refractivity contribution in [2.75, 3.05) is 13.7 Å². The molecule has 0 bridgehead atoms. The Bertz CT molecular complexity index is 399. The molecular weight excluding hydrogens is 234 g/mol. The number of hydrogen-bond acceptors (Lipinski definition) is 2. The van der Waals surface area contributed by atoms with E-state index in [1.54, 1.807) is 7.11 Å². The molecule has 0 saturated carbocycles. The first-order valence-electron chi connectivity index (χ1n) is 5.84. The van der Waals surface area contributed by atoms with Crippen molar-refractivity contribution in [1.82, 2.24) is 0 Å². The molecule has 0 aliphatic heterocycles. The van der Waals surface area contributed by atoms with Crippen molar-refractivity contribution in [3.8, 4) is 5.75 Å². The van der Waals surface area contributed by atoms with E-state index >= 15 is 0 Å². The van der Waals surface area contributed by atoms with E-state index in [0.717, 1.165) is 22.8 Å².